The summed E-state index contributed by atoms with van der Waals surface area (Å²) in [6, 6.07) is 13.8. The number of benzene rings is 2. The second-order valence-corrected chi connectivity index (χ2v) is 9.71. The fraction of sp³-hybridized carbons (Fsp3) is 0.409. The topological polar surface area (TPSA) is 66.5 Å². The van der Waals surface area contributed by atoms with E-state index in [-0.39, 0.29) is 10.8 Å². The van der Waals surface area contributed by atoms with E-state index >= 15 is 0 Å². The fourth-order valence-corrected chi connectivity index (χ4v) is 5.03. The van der Waals surface area contributed by atoms with Crippen molar-refractivity contribution in [2.24, 2.45) is 11.8 Å². The Labute approximate surface area is 166 Å². The molecule has 0 saturated heterocycles. The number of hydrogen-bond acceptors (Lipinski definition) is 3. The number of nitrogens with one attached hydrogen (secondary N) is 1. The molecule has 0 unspecified atom stereocenters. The summed E-state index contributed by atoms with van der Waals surface area (Å²) in [4.78, 5) is 14.9. The lowest BCUT2D eigenvalue weighted by Gasteiger charge is -2.28. The molecule has 0 spiro atoms. The van der Waals surface area contributed by atoms with Crippen LogP contribution in [0.15, 0.2) is 53.4 Å². The minimum atomic E-state index is -3.70. The van der Waals surface area contributed by atoms with Gasteiger partial charge in [-0.25, -0.2) is 8.42 Å². The number of anilines is 1. The van der Waals surface area contributed by atoms with Gasteiger partial charge >= 0.3 is 0 Å². The van der Waals surface area contributed by atoms with E-state index in [1.165, 1.54) is 37.8 Å². The molecule has 5 nitrogen and oxygen atoms in total. The van der Waals surface area contributed by atoms with Gasteiger partial charge < -0.3 is 4.90 Å². The standard InChI is InChI=1S/C22H26N2O3S/c1-15-5-3-4-6-20(15)23-28(26,27)19-13-11-18(12-14-19)22(25)24(2)21(16-7-8-16)17-9-10-17/h3-6,11-14,16-17,21,23H,7-10H2,1-2H3. The number of amides is 1. The first kappa shape index (κ1) is 19.0. The van der Waals surface area contributed by atoms with Gasteiger partial charge in [-0.15, -0.1) is 0 Å². The molecule has 2 aromatic rings. The zero-order chi connectivity index (χ0) is 19.9. The number of carbonyl (C=O) groups is 1. The number of nitrogens with zero attached hydrogens (tertiary/aromatic N) is 1. The number of para-hydroxylation sites is 1. The first-order chi connectivity index (χ1) is 13.4. The predicted octanol–water partition coefficient (Wildman–Crippen LogP) is 4.06. The Morgan fingerprint density at radius 3 is 2.11 bits per heavy atom. The maximum atomic E-state index is 12.9. The molecule has 0 radical (unpaired) electrons. The summed E-state index contributed by atoms with van der Waals surface area (Å²) in [5.74, 6) is 1.25. The van der Waals surface area contributed by atoms with Crippen LogP contribution in [0.1, 0.15) is 41.6 Å². The van der Waals surface area contributed by atoms with Crippen LogP contribution in [0.25, 0.3) is 0 Å². The van der Waals surface area contributed by atoms with Crippen molar-refractivity contribution in [3.05, 3.63) is 59.7 Å². The van der Waals surface area contributed by atoms with E-state index in [0.29, 0.717) is 29.1 Å². The molecule has 1 N–H and O–H groups in total. The number of sulfonamides is 1. The molecule has 1 amide bonds. The predicted molar refractivity (Wildman–Crippen MR) is 110 cm³/mol. The van der Waals surface area contributed by atoms with Crippen molar-refractivity contribution in [3.8, 4) is 0 Å². The van der Waals surface area contributed by atoms with Crippen LogP contribution in [0.5, 0.6) is 0 Å². The van der Waals surface area contributed by atoms with Crippen LogP contribution in [-0.2, 0) is 10.0 Å². The molecule has 0 bridgehead atoms. The largest absolute Gasteiger partial charge is 0.338 e. The molecule has 2 aliphatic carbocycles. The van der Waals surface area contributed by atoms with E-state index in [1.807, 2.05) is 31.0 Å². The molecule has 148 valence electrons. The lowest BCUT2D eigenvalue weighted by atomic mass is 10.0. The molecule has 2 saturated carbocycles. The SMILES string of the molecule is Cc1ccccc1NS(=O)(=O)c1ccc(C(=O)N(C)C(C2CC2)C2CC2)cc1. The summed E-state index contributed by atoms with van der Waals surface area (Å²) < 4.78 is 27.9. The first-order valence-electron chi connectivity index (χ1n) is 9.82. The molecule has 28 heavy (non-hydrogen) atoms. The van der Waals surface area contributed by atoms with Gasteiger partial charge in [0.05, 0.1) is 10.6 Å². The van der Waals surface area contributed by atoms with Crippen molar-refractivity contribution in [1.29, 1.82) is 0 Å². The van der Waals surface area contributed by atoms with Gasteiger partial charge in [-0.1, -0.05) is 18.2 Å². The highest BCUT2D eigenvalue weighted by Crippen LogP contribution is 2.47. The summed E-state index contributed by atoms with van der Waals surface area (Å²) >= 11 is 0. The van der Waals surface area contributed by atoms with Crippen molar-refractivity contribution < 1.29 is 13.2 Å². The Morgan fingerprint density at radius 2 is 1.57 bits per heavy atom. The van der Waals surface area contributed by atoms with Crippen LogP contribution in [0.3, 0.4) is 0 Å². The zero-order valence-corrected chi connectivity index (χ0v) is 17.1. The fourth-order valence-electron chi connectivity index (χ4n) is 3.90. The summed E-state index contributed by atoms with van der Waals surface area (Å²) in [6.45, 7) is 1.85. The first-order valence-corrected chi connectivity index (χ1v) is 11.3. The molecular formula is C22H26N2O3S. The van der Waals surface area contributed by atoms with E-state index in [0.717, 1.165) is 5.56 Å². The summed E-state index contributed by atoms with van der Waals surface area (Å²) in [5.41, 5.74) is 1.94. The average molecular weight is 399 g/mol. The Balaban J connectivity index is 1.50. The zero-order valence-electron chi connectivity index (χ0n) is 16.3. The molecule has 6 heteroatoms. The monoisotopic (exact) mass is 398 g/mol. The summed E-state index contributed by atoms with van der Waals surface area (Å²) in [5, 5.41) is 0. The van der Waals surface area contributed by atoms with Crippen LogP contribution in [-0.4, -0.2) is 32.3 Å². The second-order valence-electron chi connectivity index (χ2n) is 8.03. The van der Waals surface area contributed by atoms with Gasteiger partial charge in [0.15, 0.2) is 0 Å². The normalized spacial score (nSPS) is 16.8. The van der Waals surface area contributed by atoms with Gasteiger partial charge in [0.1, 0.15) is 0 Å². The second kappa shape index (κ2) is 7.24. The maximum Gasteiger partial charge on any atom is 0.261 e. The van der Waals surface area contributed by atoms with Gasteiger partial charge in [0.25, 0.3) is 15.9 Å². The van der Waals surface area contributed by atoms with Crippen LogP contribution in [0.4, 0.5) is 5.69 Å². The van der Waals surface area contributed by atoms with Crippen molar-refractivity contribution in [2.45, 2.75) is 43.5 Å². The van der Waals surface area contributed by atoms with Crippen LogP contribution in [0.2, 0.25) is 0 Å². The molecule has 2 aromatic carbocycles. The van der Waals surface area contributed by atoms with E-state index in [1.54, 1.807) is 24.3 Å². The lowest BCUT2D eigenvalue weighted by Crippen LogP contribution is -2.40. The number of aryl methyl sites for hydroxylation is 1. The van der Waals surface area contributed by atoms with E-state index in [9.17, 15) is 13.2 Å². The van der Waals surface area contributed by atoms with Crippen LogP contribution in [0, 0.1) is 18.8 Å². The number of rotatable bonds is 7. The third-order valence-corrected chi connectivity index (χ3v) is 7.16. The third-order valence-electron chi connectivity index (χ3n) is 5.78. The molecule has 2 aliphatic rings. The molecule has 4 rings (SSSR count). The lowest BCUT2D eigenvalue weighted by molar-refractivity contribution is 0.0690. The Kier molecular flexibility index (Phi) is 4.91. The number of hydrogen-bond donors (Lipinski definition) is 1. The van der Waals surface area contributed by atoms with E-state index in [2.05, 4.69) is 4.72 Å². The van der Waals surface area contributed by atoms with Gasteiger partial charge in [-0.3, -0.25) is 9.52 Å². The minimum absolute atomic E-state index is 0.0281. The van der Waals surface area contributed by atoms with Crippen LogP contribution < -0.4 is 4.72 Å². The van der Waals surface area contributed by atoms with Crippen molar-refractivity contribution >= 4 is 21.6 Å². The van der Waals surface area contributed by atoms with Crippen molar-refractivity contribution in [2.75, 3.05) is 11.8 Å². The highest BCUT2D eigenvalue weighted by Gasteiger charge is 2.45. The Hall–Kier alpha value is -2.34. The highest BCUT2D eigenvalue weighted by molar-refractivity contribution is 7.92. The minimum Gasteiger partial charge on any atom is -0.338 e. The Morgan fingerprint density at radius 1 is 1.00 bits per heavy atom. The molecule has 0 atom stereocenters. The van der Waals surface area contributed by atoms with Crippen LogP contribution >= 0.6 is 0 Å². The molecule has 0 heterocycles. The van der Waals surface area contributed by atoms with Gasteiger partial charge in [0, 0.05) is 18.7 Å². The smallest absolute Gasteiger partial charge is 0.261 e. The maximum absolute atomic E-state index is 12.9. The van der Waals surface area contributed by atoms with Gasteiger partial charge in [-0.2, -0.15) is 0 Å². The summed E-state index contributed by atoms with van der Waals surface area (Å²) in [7, 11) is -1.81. The van der Waals surface area contributed by atoms with Gasteiger partial charge in [-0.05, 0) is 80.3 Å². The van der Waals surface area contributed by atoms with E-state index < -0.39 is 10.0 Å². The average Bonchev–Trinajstić information content (AvgIpc) is 3.58. The van der Waals surface area contributed by atoms with Crippen molar-refractivity contribution in [3.63, 3.8) is 0 Å². The molecule has 0 aliphatic heterocycles. The summed E-state index contributed by atoms with van der Waals surface area (Å²) in [6.07, 6.45) is 4.84. The highest BCUT2D eigenvalue weighted by atomic mass is 32.2. The third kappa shape index (κ3) is 3.92. The molecule has 0 aromatic heterocycles. The number of carbonyl (C=O) groups excluding carboxylic acids is 1. The van der Waals surface area contributed by atoms with E-state index in [4.69, 9.17) is 0 Å². The quantitative estimate of drug-likeness (QED) is 0.765. The molecule has 2 fully saturated rings. The Bertz CT molecular complexity index is 965. The molecular weight excluding hydrogens is 372 g/mol. The van der Waals surface area contributed by atoms with Crippen molar-refractivity contribution in [1.82, 2.24) is 4.90 Å². The van der Waals surface area contributed by atoms with Gasteiger partial charge in [0.2, 0.25) is 0 Å².